The van der Waals surface area contributed by atoms with Crippen LogP contribution in [-0.2, 0) is 11.2 Å². The highest BCUT2D eigenvalue weighted by Crippen LogP contribution is 2.24. The average molecular weight is 223 g/mol. The molecule has 1 aliphatic rings. The molecule has 0 aliphatic carbocycles. The van der Waals surface area contributed by atoms with Crippen LogP contribution < -0.4 is 5.32 Å². The van der Waals surface area contributed by atoms with Crippen molar-refractivity contribution in [3.05, 3.63) is 17.8 Å². The second kappa shape index (κ2) is 4.25. The third-order valence-electron chi connectivity index (χ3n) is 2.97. The normalized spacial score (nSPS) is 21.1. The van der Waals surface area contributed by atoms with Gasteiger partial charge in [0.1, 0.15) is 6.04 Å². The van der Waals surface area contributed by atoms with Gasteiger partial charge in [-0.05, 0) is 20.9 Å². The average Bonchev–Trinajstić information content (AvgIpc) is 2.63. The van der Waals surface area contributed by atoms with E-state index >= 15 is 0 Å². The van der Waals surface area contributed by atoms with Gasteiger partial charge in [-0.25, -0.2) is 4.98 Å². The molecule has 2 rings (SSSR count). The highest BCUT2D eigenvalue weighted by Gasteiger charge is 2.33. The lowest BCUT2D eigenvalue weighted by Gasteiger charge is -2.27. The summed E-state index contributed by atoms with van der Waals surface area (Å²) in [6, 6.07) is -0.199. The molecule has 0 aromatic carbocycles. The van der Waals surface area contributed by atoms with E-state index in [-0.39, 0.29) is 11.9 Å². The number of rotatable bonds is 2. The number of oxazole rings is 1. The molecule has 2 heterocycles. The Morgan fingerprint density at radius 1 is 1.62 bits per heavy atom. The summed E-state index contributed by atoms with van der Waals surface area (Å²) in [6.07, 6.45) is 2.17. The predicted molar refractivity (Wildman–Crippen MR) is 58.9 cm³/mol. The van der Waals surface area contributed by atoms with Crippen molar-refractivity contribution < 1.29 is 9.21 Å². The predicted octanol–water partition coefficient (Wildman–Crippen LogP) is 0.728. The zero-order valence-electron chi connectivity index (χ0n) is 9.86. The first kappa shape index (κ1) is 11.1. The van der Waals surface area contributed by atoms with E-state index in [1.165, 1.54) is 6.39 Å². The molecule has 1 amide bonds. The third-order valence-corrected chi connectivity index (χ3v) is 2.97. The summed E-state index contributed by atoms with van der Waals surface area (Å²) in [5, 5.41) is 3.00. The molecule has 1 aliphatic heterocycles. The molecule has 1 aromatic heterocycles. The highest BCUT2D eigenvalue weighted by atomic mass is 16.3. The van der Waals surface area contributed by atoms with Crippen LogP contribution in [-0.4, -0.2) is 35.4 Å². The fourth-order valence-corrected chi connectivity index (χ4v) is 2.08. The van der Waals surface area contributed by atoms with Gasteiger partial charge in [0.2, 0.25) is 5.91 Å². The minimum atomic E-state index is -0.401. The van der Waals surface area contributed by atoms with Gasteiger partial charge in [-0.2, -0.15) is 0 Å². The van der Waals surface area contributed by atoms with Crippen molar-refractivity contribution in [3.63, 3.8) is 0 Å². The Morgan fingerprint density at radius 3 is 3.00 bits per heavy atom. The maximum atomic E-state index is 12.3. The largest absolute Gasteiger partial charge is 0.446 e. The Balaban J connectivity index is 2.35. The van der Waals surface area contributed by atoms with Crippen LogP contribution in [0.2, 0.25) is 0 Å². The number of likely N-dealkylation sites (N-methyl/N-ethyl adjacent to an activating group) is 1. The number of nitrogens with one attached hydrogen (secondary N) is 1. The first-order valence-corrected chi connectivity index (χ1v) is 5.55. The Kier molecular flexibility index (Phi) is 2.96. The van der Waals surface area contributed by atoms with Gasteiger partial charge in [-0.1, -0.05) is 0 Å². The van der Waals surface area contributed by atoms with E-state index < -0.39 is 6.04 Å². The van der Waals surface area contributed by atoms with Crippen molar-refractivity contribution in [2.45, 2.75) is 32.4 Å². The van der Waals surface area contributed by atoms with Crippen LogP contribution in [0.25, 0.3) is 0 Å². The summed E-state index contributed by atoms with van der Waals surface area (Å²) in [7, 11) is 1.76. The van der Waals surface area contributed by atoms with Gasteiger partial charge < -0.3 is 14.6 Å². The van der Waals surface area contributed by atoms with Crippen LogP contribution in [0.15, 0.2) is 10.8 Å². The number of aromatic nitrogens is 1. The van der Waals surface area contributed by atoms with Crippen molar-refractivity contribution in [2.75, 3.05) is 13.6 Å². The first-order chi connectivity index (χ1) is 7.65. The number of carbonyl (C=O) groups excluding carboxylic acids is 1. The van der Waals surface area contributed by atoms with E-state index in [9.17, 15) is 4.79 Å². The summed E-state index contributed by atoms with van der Waals surface area (Å²) in [5.74, 6) is 0.726. The van der Waals surface area contributed by atoms with E-state index in [1.54, 1.807) is 7.05 Å². The summed E-state index contributed by atoms with van der Waals surface area (Å²) in [5.41, 5.74) is 0.885. The summed E-state index contributed by atoms with van der Waals surface area (Å²) < 4.78 is 5.32. The Morgan fingerprint density at radius 2 is 2.38 bits per heavy atom. The first-order valence-electron chi connectivity index (χ1n) is 5.55. The molecular weight excluding hydrogens is 206 g/mol. The van der Waals surface area contributed by atoms with Crippen LogP contribution in [0.1, 0.15) is 31.3 Å². The molecule has 0 bridgehead atoms. The monoisotopic (exact) mass is 223 g/mol. The Labute approximate surface area is 94.8 Å². The molecule has 0 saturated carbocycles. The van der Waals surface area contributed by atoms with Crippen molar-refractivity contribution in [2.24, 2.45) is 0 Å². The van der Waals surface area contributed by atoms with Gasteiger partial charge in [-0.15, -0.1) is 0 Å². The van der Waals surface area contributed by atoms with Gasteiger partial charge >= 0.3 is 0 Å². The van der Waals surface area contributed by atoms with Gasteiger partial charge in [0.05, 0.1) is 5.69 Å². The van der Waals surface area contributed by atoms with Crippen molar-refractivity contribution >= 4 is 5.91 Å². The summed E-state index contributed by atoms with van der Waals surface area (Å²) >= 11 is 0. The number of hydrogen-bond acceptors (Lipinski definition) is 4. The third kappa shape index (κ3) is 1.71. The fourth-order valence-electron chi connectivity index (χ4n) is 2.08. The highest BCUT2D eigenvalue weighted by molar-refractivity contribution is 5.83. The van der Waals surface area contributed by atoms with E-state index in [0.717, 1.165) is 12.1 Å². The molecule has 0 saturated heterocycles. The summed E-state index contributed by atoms with van der Waals surface area (Å²) in [6.45, 7) is 4.74. The maximum Gasteiger partial charge on any atom is 0.247 e. The van der Waals surface area contributed by atoms with Crippen LogP contribution >= 0.6 is 0 Å². The zero-order chi connectivity index (χ0) is 11.7. The SMILES string of the molecule is CNC1C(=O)N(C(C)C)CCc2ncoc21. The number of nitrogens with zero attached hydrogens (tertiary/aromatic N) is 2. The number of amides is 1. The maximum absolute atomic E-state index is 12.3. The number of hydrogen-bond donors (Lipinski definition) is 1. The molecule has 88 valence electrons. The van der Waals surface area contributed by atoms with E-state index in [1.807, 2.05) is 18.7 Å². The van der Waals surface area contributed by atoms with E-state index in [0.29, 0.717) is 12.3 Å². The van der Waals surface area contributed by atoms with E-state index in [2.05, 4.69) is 10.3 Å². The number of fused-ring (bicyclic) bond motifs is 1. The molecule has 1 atom stereocenters. The smallest absolute Gasteiger partial charge is 0.247 e. The molecular formula is C11H17N3O2. The fraction of sp³-hybridized carbons (Fsp3) is 0.636. The standard InChI is InChI=1S/C11H17N3O2/c1-7(2)14-5-4-8-10(16-6-13-8)9(12-3)11(14)15/h6-7,9,12H,4-5H2,1-3H3. The molecule has 16 heavy (non-hydrogen) atoms. The quantitative estimate of drug-likeness (QED) is 0.803. The molecule has 1 N–H and O–H groups in total. The minimum Gasteiger partial charge on any atom is -0.446 e. The molecule has 0 spiro atoms. The topological polar surface area (TPSA) is 58.4 Å². The van der Waals surface area contributed by atoms with Crippen molar-refractivity contribution in [3.8, 4) is 0 Å². The van der Waals surface area contributed by atoms with Gasteiger partial charge in [-0.3, -0.25) is 4.79 Å². The van der Waals surface area contributed by atoms with Crippen LogP contribution in [0.3, 0.4) is 0 Å². The van der Waals surface area contributed by atoms with E-state index in [4.69, 9.17) is 4.42 Å². The molecule has 0 fully saturated rings. The molecule has 0 radical (unpaired) electrons. The van der Waals surface area contributed by atoms with Crippen LogP contribution in [0, 0.1) is 0 Å². The molecule has 5 heteroatoms. The Hall–Kier alpha value is -1.36. The second-order valence-electron chi connectivity index (χ2n) is 4.26. The minimum absolute atomic E-state index is 0.0630. The van der Waals surface area contributed by atoms with Crippen LogP contribution in [0.5, 0.6) is 0 Å². The summed E-state index contributed by atoms with van der Waals surface area (Å²) in [4.78, 5) is 18.3. The van der Waals surface area contributed by atoms with Gasteiger partial charge in [0.15, 0.2) is 12.2 Å². The van der Waals surface area contributed by atoms with Gasteiger partial charge in [0.25, 0.3) is 0 Å². The van der Waals surface area contributed by atoms with Crippen molar-refractivity contribution in [1.82, 2.24) is 15.2 Å². The zero-order valence-corrected chi connectivity index (χ0v) is 9.86. The lowest BCUT2D eigenvalue weighted by Crippen LogP contribution is -2.42. The number of carbonyl (C=O) groups is 1. The lowest BCUT2D eigenvalue weighted by molar-refractivity contribution is -0.135. The van der Waals surface area contributed by atoms with Crippen LogP contribution in [0.4, 0.5) is 0 Å². The second-order valence-corrected chi connectivity index (χ2v) is 4.26. The molecule has 1 unspecified atom stereocenters. The van der Waals surface area contributed by atoms with Gasteiger partial charge in [0, 0.05) is 19.0 Å². The van der Waals surface area contributed by atoms with Crippen molar-refractivity contribution in [1.29, 1.82) is 0 Å². The molecule has 5 nitrogen and oxygen atoms in total. The Bertz CT molecular complexity index is 386. The lowest BCUT2D eigenvalue weighted by atomic mass is 10.1. The molecule has 1 aromatic rings.